The number of aliphatic imine (C=N–C) groups is 1. The largest absolute Gasteiger partial charge is 0.858 e. The lowest BCUT2D eigenvalue weighted by Gasteiger charge is -2.16. The Kier molecular flexibility index (Phi) is 8.53. The van der Waals surface area contributed by atoms with E-state index in [1.165, 1.54) is 0 Å². The van der Waals surface area contributed by atoms with Gasteiger partial charge in [-0.1, -0.05) is 12.2 Å². The number of nitrogens with one attached hydrogen (secondary N) is 2. The molecule has 0 aliphatic carbocycles. The van der Waals surface area contributed by atoms with E-state index >= 15 is 0 Å². The second-order valence-corrected chi connectivity index (χ2v) is 10.5. The van der Waals surface area contributed by atoms with Gasteiger partial charge in [0, 0.05) is 5.57 Å². The van der Waals surface area contributed by atoms with Gasteiger partial charge in [0.1, 0.15) is 20.2 Å². The van der Waals surface area contributed by atoms with E-state index in [1.807, 2.05) is 0 Å². The van der Waals surface area contributed by atoms with Crippen LogP contribution in [0.4, 0.5) is 5.69 Å². The molecule has 214 valence electrons. The van der Waals surface area contributed by atoms with E-state index in [-0.39, 0.29) is 11.4 Å². The summed E-state index contributed by atoms with van der Waals surface area (Å²) in [5.41, 5.74) is -4.89. The number of carboxylic acid groups (broad SMARTS) is 2. The molecule has 0 amide bonds. The molecule has 0 saturated heterocycles. The highest BCUT2D eigenvalue weighted by molar-refractivity contribution is 7.86. The summed E-state index contributed by atoms with van der Waals surface area (Å²) >= 11 is 0. The van der Waals surface area contributed by atoms with Crippen LogP contribution in [0, 0.1) is 5.41 Å². The highest BCUT2D eigenvalue weighted by Crippen LogP contribution is 2.18. The third-order valence-corrected chi connectivity index (χ3v) is 6.80. The Morgan fingerprint density at radius 3 is 1.85 bits per heavy atom. The first-order chi connectivity index (χ1) is 19.0. The van der Waals surface area contributed by atoms with E-state index in [1.54, 1.807) is 0 Å². The molecule has 1 aromatic heterocycles. The minimum atomic E-state index is -4.80. The number of rotatable bonds is 10. The Morgan fingerprint density at radius 2 is 1.39 bits per heavy atom. The molecule has 1 heterocycles. The van der Waals surface area contributed by atoms with Gasteiger partial charge >= 0.3 is 0 Å². The fourth-order valence-corrected chi connectivity index (χ4v) is 4.12. The zero-order chi connectivity index (χ0) is 30.7. The van der Waals surface area contributed by atoms with Crippen molar-refractivity contribution in [1.29, 1.82) is 5.41 Å². The number of aromatic amines is 1. The second-order valence-electron chi connectivity index (χ2n) is 7.74. The predicted octanol–water partition coefficient (Wildman–Crippen LogP) is -2.86. The first-order valence-corrected chi connectivity index (χ1v) is 13.5. The molecule has 16 nitrogen and oxygen atoms in total. The quantitative estimate of drug-likeness (QED) is 0.103. The lowest BCUT2D eigenvalue weighted by atomic mass is 10.1. The van der Waals surface area contributed by atoms with Gasteiger partial charge in [-0.05, 0) is 60.5 Å². The normalized spacial score (nSPS) is 12.9. The van der Waals surface area contributed by atoms with E-state index in [9.17, 15) is 55.6 Å². The monoisotopic (exact) mass is 601 g/mol. The van der Waals surface area contributed by atoms with Crippen LogP contribution in [0.1, 0.15) is 16.1 Å². The fourth-order valence-electron chi connectivity index (χ4n) is 3.18. The molecule has 0 aliphatic heterocycles. The van der Waals surface area contributed by atoms with Crippen LogP contribution >= 0.6 is 0 Å². The van der Waals surface area contributed by atoms with Gasteiger partial charge in [-0.3, -0.25) is 20.3 Å². The number of carboxylic acids is 2. The number of hydrogen-bond donors (Lipinski definition) is 2. The maximum Gasteiger partial charge on any atom is 0.279 e. The topological polar surface area (TPSA) is 292 Å². The molecule has 41 heavy (non-hydrogen) atoms. The average Bonchev–Trinajstić information content (AvgIpc) is 3.21. The number of aromatic carboxylic acids is 1. The minimum Gasteiger partial charge on any atom is -0.858 e. The first kappa shape index (κ1) is 30.4. The van der Waals surface area contributed by atoms with Crippen LogP contribution in [-0.4, -0.2) is 59.3 Å². The van der Waals surface area contributed by atoms with E-state index in [2.05, 4.69) is 10.1 Å². The number of hydrogen-bond acceptors (Lipinski definition) is 14. The number of aliphatic carboxylic acids is 1. The maximum atomic E-state index is 12.9. The number of aromatic nitrogens is 2. The first-order valence-electron chi connectivity index (χ1n) is 10.6. The smallest absolute Gasteiger partial charge is 0.279 e. The van der Waals surface area contributed by atoms with Crippen molar-refractivity contribution in [2.45, 2.75) is 9.79 Å². The number of H-pyrrole nitrogens is 1. The number of allylic oxidation sites excluding steroid dienone is 2. The molecule has 0 saturated carbocycles. The van der Waals surface area contributed by atoms with Gasteiger partial charge < -0.3 is 34.0 Å². The molecule has 3 rings (SSSR count). The third kappa shape index (κ3) is 7.08. The Balaban J connectivity index is 2.04. The van der Waals surface area contributed by atoms with Crippen molar-refractivity contribution in [3.05, 3.63) is 87.9 Å². The molecule has 0 bridgehead atoms. The summed E-state index contributed by atoms with van der Waals surface area (Å²) in [6.07, 6.45) is 2.40. The maximum absolute atomic E-state index is 12.9. The lowest BCUT2D eigenvalue weighted by molar-refractivity contribution is -0.294. The molecular formula is C23H13N4O12S2-5. The SMILES string of the molecule is N=C(C(=O)[O-])/C(=C\C=C\c1c(C(=O)[O-])[nH]n(-c2ccc(S(=O)(=O)[O-])cc2)c1=O)C([O-])=Nc1ccc(S(=O)(=O)[O-])cc1. The van der Waals surface area contributed by atoms with Gasteiger partial charge in [-0.25, -0.2) is 21.5 Å². The standard InChI is InChI=1S/C23H18N4O12S2/c24-18(22(30)31)16(20(28)25-12-4-8-14(9-5-12)40(34,35)36)2-1-3-17-19(23(32)33)26-27(21(17)29)13-6-10-15(11-7-13)41(37,38)39/h1-11,24,26H,(H,25,28)(H,30,31)(H,32,33)(H,34,35,36)(H,37,38,39)/p-5/b3-1+,16-2+,24-18?. The van der Waals surface area contributed by atoms with Crippen molar-refractivity contribution >= 4 is 55.5 Å². The van der Waals surface area contributed by atoms with Crippen molar-refractivity contribution in [1.82, 2.24) is 9.78 Å². The highest BCUT2D eigenvalue weighted by atomic mass is 32.2. The van der Waals surface area contributed by atoms with E-state index < -0.39 is 76.0 Å². The summed E-state index contributed by atoms with van der Waals surface area (Å²) in [6.45, 7) is 0. The van der Waals surface area contributed by atoms with Gasteiger partial charge in [0.25, 0.3) is 5.56 Å². The van der Waals surface area contributed by atoms with Crippen LogP contribution in [0.5, 0.6) is 0 Å². The summed E-state index contributed by atoms with van der Waals surface area (Å²) in [7, 11) is -9.60. The van der Waals surface area contributed by atoms with Crippen LogP contribution < -0.4 is 20.9 Å². The Bertz CT molecular complexity index is 1910. The van der Waals surface area contributed by atoms with Crippen LogP contribution in [0.15, 0.2) is 85.8 Å². The van der Waals surface area contributed by atoms with Gasteiger partial charge in [0.2, 0.25) is 0 Å². The summed E-state index contributed by atoms with van der Waals surface area (Å²) in [5.74, 6) is -5.29. The third-order valence-electron chi connectivity index (χ3n) is 5.10. The van der Waals surface area contributed by atoms with Crippen molar-refractivity contribution in [2.24, 2.45) is 4.99 Å². The molecule has 18 heteroatoms. The summed E-state index contributed by atoms with van der Waals surface area (Å²) < 4.78 is 67.1. The molecule has 3 aromatic rings. The van der Waals surface area contributed by atoms with Gasteiger partial charge in [0.15, 0.2) is 0 Å². The molecule has 0 spiro atoms. The molecule has 0 radical (unpaired) electrons. The minimum absolute atomic E-state index is 0.0794. The van der Waals surface area contributed by atoms with E-state index in [4.69, 9.17) is 5.41 Å². The zero-order valence-corrected chi connectivity index (χ0v) is 21.6. The fraction of sp³-hybridized carbons (Fsp3) is 0. The van der Waals surface area contributed by atoms with Crippen LogP contribution in [0.3, 0.4) is 0 Å². The summed E-state index contributed by atoms with van der Waals surface area (Å²) in [5, 5.41) is 45.2. The summed E-state index contributed by atoms with van der Waals surface area (Å²) in [6, 6.07) is 7.43. The second kappa shape index (κ2) is 11.5. The molecule has 0 unspecified atom stereocenters. The highest BCUT2D eigenvalue weighted by Gasteiger charge is 2.15. The van der Waals surface area contributed by atoms with E-state index in [0.29, 0.717) is 10.8 Å². The van der Waals surface area contributed by atoms with Crippen LogP contribution in [-0.2, 0) is 25.0 Å². The summed E-state index contributed by atoms with van der Waals surface area (Å²) in [4.78, 5) is 38.0. The Labute approximate surface area is 229 Å². The number of carbonyl (C=O) groups is 2. The van der Waals surface area contributed by atoms with Crippen molar-refractivity contribution in [3.63, 3.8) is 0 Å². The average molecular weight is 602 g/mol. The van der Waals surface area contributed by atoms with Crippen molar-refractivity contribution in [3.8, 4) is 5.69 Å². The van der Waals surface area contributed by atoms with E-state index in [0.717, 1.165) is 60.7 Å². The van der Waals surface area contributed by atoms with Crippen LogP contribution in [0.2, 0.25) is 0 Å². The Morgan fingerprint density at radius 1 is 0.878 bits per heavy atom. The molecular weight excluding hydrogens is 588 g/mol. The van der Waals surface area contributed by atoms with Gasteiger partial charge in [-0.2, -0.15) is 0 Å². The number of nitrogens with zero attached hydrogens (tertiary/aromatic N) is 2. The Hall–Kier alpha value is -5.17. The molecule has 2 N–H and O–H groups in total. The number of benzene rings is 2. The zero-order valence-electron chi connectivity index (χ0n) is 20.0. The van der Waals surface area contributed by atoms with Gasteiger partial charge in [-0.15, -0.1) is 0 Å². The van der Waals surface area contributed by atoms with Crippen LogP contribution in [0.25, 0.3) is 11.8 Å². The van der Waals surface area contributed by atoms with Gasteiger partial charge in [0.05, 0.1) is 50.1 Å². The molecule has 0 atom stereocenters. The number of carbonyl (C=O) groups excluding carboxylic acids is 2. The molecule has 0 fully saturated rings. The lowest BCUT2D eigenvalue weighted by Crippen LogP contribution is -2.37. The predicted molar refractivity (Wildman–Crippen MR) is 130 cm³/mol. The molecule has 0 aliphatic rings. The van der Waals surface area contributed by atoms with Crippen molar-refractivity contribution in [2.75, 3.05) is 0 Å². The molecule has 2 aromatic carbocycles. The van der Waals surface area contributed by atoms with Crippen molar-refractivity contribution < 1.29 is 50.8 Å².